The van der Waals surface area contributed by atoms with Gasteiger partial charge in [-0.3, -0.25) is 0 Å². The molecule has 1 atom stereocenters. The zero-order chi connectivity index (χ0) is 20.0. The summed E-state index contributed by atoms with van der Waals surface area (Å²) in [5, 5.41) is 10.0. The number of aromatic hydroxyl groups is 1. The quantitative estimate of drug-likeness (QED) is 0.495. The van der Waals surface area contributed by atoms with Gasteiger partial charge in [-0.05, 0) is 36.8 Å². The number of phenols is 1. The van der Waals surface area contributed by atoms with Crippen molar-refractivity contribution >= 4 is 5.97 Å². The summed E-state index contributed by atoms with van der Waals surface area (Å²) in [6.07, 6.45) is 2.01. The monoisotopic (exact) mass is 388 g/mol. The van der Waals surface area contributed by atoms with Gasteiger partial charge in [-0.15, -0.1) is 0 Å². The normalized spacial score (nSPS) is 18.4. The van der Waals surface area contributed by atoms with Gasteiger partial charge >= 0.3 is 5.97 Å². The predicted octanol–water partition coefficient (Wildman–Crippen LogP) is 5.14. The van der Waals surface area contributed by atoms with Crippen molar-refractivity contribution in [2.45, 2.75) is 25.4 Å². The first-order chi connectivity index (χ1) is 14.1. The number of rotatable bonds is 4. The zero-order valence-corrected chi connectivity index (χ0v) is 16.0. The molecule has 146 valence electrons. The van der Waals surface area contributed by atoms with Gasteiger partial charge in [0, 0.05) is 28.8 Å². The fourth-order valence-corrected chi connectivity index (χ4v) is 4.07. The largest absolute Gasteiger partial charge is 0.508 e. The van der Waals surface area contributed by atoms with Crippen molar-refractivity contribution in [1.82, 2.24) is 0 Å². The van der Waals surface area contributed by atoms with Gasteiger partial charge in [0.1, 0.15) is 23.0 Å². The zero-order valence-electron chi connectivity index (χ0n) is 16.0. The van der Waals surface area contributed by atoms with Crippen LogP contribution in [0, 0.1) is 0 Å². The van der Waals surface area contributed by atoms with Gasteiger partial charge in [0.15, 0.2) is 5.60 Å². The van der Waals surface area contributed by atoms with E-state index >= 15 is 0 Å². The summed E-state index contributed by atoms with van der Waals surface area (Å²) in [4.78, 5) is 12.7. The fourth-order valence-electron chi connectivity index (χ4n) is 4.07. The van der Waals surface area contributed by atoms with Crippen LogP contribution in [0.1, 0.15) is 46.8 Å². The third-order valence-electron chi connectivity index (χ3n) is 5.44. The summed E-state index contributed by atoms with van der Waals surface area (Å²) in [6.45, 7) is 2.73. The Hall–Kier alpha value is -3.47. The molecule has 0 saturated heterocycles. The Bertz CT molecular complexity index is 1120. The van der Waals surface area contributed by atoms with Gasteiger partial charge in [0.25, 0.3) is 0 Å². The number of ether oxygens (including phenoxy) is 3. The van der Waals surface area contributed by atoms with Crippen LogP contribution in [0.15, 0.2) is 60.7 Å². The van der Waals surface area contributed by atoms with Crippen molar-refractivity contribution in [2.24, 2.45) is 0 Å². The molecule has 3 aromatic rings. The van der Waals surface area contributed by atoms with Crippen LogP contribution in [-0.4, -0.2) is 17.7 Å². The summed E-state index contributed by atoms with van der Waals surface area (Å²) < 4.78 is 18.0. The Kier molecular flexibility index (Phi) is 3.98. The molecule has 1 unspecified atom stereocenters. The lowest BCUT2D eigenvalue weighted by molar-refractivity contribution is 0.0224. The van der Waals surface area contributed by atoms with E-state index in [0.29, 0.717) is 35.0 Å². The highest BCUT2D eigenvalue weighted by Crippen LogP contribution is 2.56. The summed E-state index contributed by atoms with van der Waals surface area (Å²) in [7, 11) is 0. The average molecular weight is 388 g/mol. The minimum absolute atomic E-state index is 0.0790. The topological polar surface area (TPSA) is 65.0 Å². The maximum Gasteiger partial charge on any atom is 0.340 e. The third kappa shape index (κ3) is 2.58. The van der Waals surface area contributed by atoms with Crippen molar-refractivity contribution in [3.05, 3.63) is 82.9 Å². The maximum atomic E-state index is 12.7. The summed E-state index contributed by atoms with van der Waals surface area (Å²) >= 11 is 0. The molecular formula is C24H20O5. The molecule has 1 spiro atoms. The number of unbranched alkanes of at least 4 members (excludes halogenated alkanes) is 1. The Morgan fingerprint density at radius 3 is 2.55 bits per heavy atom. The first-order valence-electron chi connectivity index (χ1n) is 9.75. The lowest BCUT2D eigenvalue weighted by Crippen LogP contribution is -2.32. The van der Waals surface area contributed by atoms with Crippen molar-refractivity contribution in [2.75, 3.05) is 6.61 Å². The second-order valence-corrected chi connectivity index (χ2v) is 7.26. The molecular weight excluding hydrogens is 368 g/mol. The molecule has 0 aromatic heterocycles. The third-order valence-corrected chi connectivity index (χ3v) is 5.44. The molecule has 1 N–H and O–H groups in total. The second kappa shape index (κ2) is 6.55. The molecule has 0 radical (unpaired) electrons. The van der Waals surface area contributed by atoms with E-state index in [9.17, 15) is 9.90 Å². The first kappa shape index (κ1) is 17.6. The number of hydrogen-bond donors (Lipinski definition) is 1. The van der Waals surface area contributed by atoms with Crippen LogP contribution in [0.25, 0.3) is 0 Å². The molecule has 0 amide bonds. The van der Waals surface area contributed by atoms with Crippen LogP contribution >= 0.6 is 0 Å². The van der Waals surface area contributed by atoms with Crippen LogP contribution < -0.4 is 9.47 Å². The lowest BCUT2D eigenvalue weighted by Gasteiger charge is -2.36. The molecule has 3 aromatic carbocycles. The van der Waals surface area contributed by atoms with Crippen molar-refractivity contribution < 1.29 is 24.1 Å². The highest BCUT2D eigenvalue weighted by Gasteiger charge is 2.53. The Balaban J connectivity index is 1.72. The van der Waals surface area contributed by atoms with Crippen LogP contribution in [0.5, 0.6) is 23.0 Å². The van der Waals surface area contributed by atoms with Gasteiger partial charge in [0.05, 0.1) is 12.2 Å². The molecule has 0 fully saturated rings. The Labute approximate surface area is 168 Å². The SMILES string of the molecule is CCCCOc1ccc2c(c1)Oc1cc(O)ccc1C21OC(=O)c2ccccc21. The van der Waals surface area contributed by atoms with E-state index in [-0.39, 0.29) is 11.7 Å². The molecule has 2 aliphatic rings. The average Bonchev–Trinajstić information content (AvgIpc) is 3.01. The molecule has 0 saturated carbocycles. The molecule has 5 rings (SSSR count). The molecule has 0 bridgehead atoms. The summed E-state index contributed by atoms with van der Waals surface area (Å²) in [6, 6.07) is 17.8. The first-order valence-corrected chi connectivity index (χ1v) is 9.75. The highest BCUT2D eigenvalue weighted by molar-refractivity contribution is 5.97. The van der Waals surface area contributed by atoms with E-state index < -0.39 is 5.60 Å². The van der Waals surface area contributed by atoms with E-state index in [4.69, 9.17) is 14.2 Å². The van der Waals surface area contributed by atoms with E-state index in [1.807, 2.05) is 36.4 Å². The van der Waals surface area contributed by atoms with E-state index in [2.05, 4.69) is 6.92 Å². The number of benzene rings is 3. The Morgan fingerprint density at radius 2 is 1.72 bits per heavy atom. The summed E-state index contributed by atoms with van der Waals surface area (Å²) in [5.41, 5.74) is 1.59. The second-order valence-electron chi connectivity index (χ2n) is 7.26. The van der Waals surface area contributed by atoms with Gasteiger partial charge < -0.3 is 19.3 Å². The van der Waals surface area contributed by atoms with E-state index in [1.54, 1.807) is 24.3 Å². The van der Waals surface area contributed by atoms with E-state index in [1.165, 1.54) is 0 Å². The smallest absolute Gasteiger partial charge is 0.340 e. The number of phenolic OH excluding ortho intramolecular Hbond substituents is 1. The van der Waals surface area contributed by atoms with Crippen LogP contribution in [-0.2, 0) is 10.3 Å². The number of fused-ring (bicyclic) bond motifs is 6. The number of carbonyl (C=O) groups excluding carboxylic acids is 1. The van der Waals surface area contributed by atoms with E-state index in [0.717, 1.165) is 24.0 Å². The van der Waals surface area contributed by atoms with Gasteiger partial charge in [-0.25, -0.2) is 4.79 Å². The number of hydrogen-bond acceptors (Lipinski definition) is 5. The van der Waals surface area contributed by atoms with Gasteiger partial charge in [0.2, 0.25) is 0 Å². The van der Waals surface area contributed by atoms with Crippen molar-refractivity contribution in [3.63, 3.8) is 0 Å². The van der Waals surface area contributed by atoms with Gasteiger partial charge in [-0.1, -0.05) is 31.5 Å². The maximum absolute atomic E-state index is 12.7. The molecule has 5 heteroatoms. The molecule has 29 heavy (non-hydrogen) atoms. The fraction of sp³-hybridized carbons (Fsp3) is 0.208. The van der Waals surface area contributed by atoms with Crippen molar-refractivity contribution in [3.8, 4) is 23.0 Å². The molecule has 0 aliphatic carbocycles. The number of carbonyl (C=O) groups is 1. The minimum Gasteiger partial charge on any atom is -0.508 e. The van der Waals surface area contributed by atoms with Crippen molar-refractivity contribution in [1.29, 1.82) is 0 Å². The molecule has 5 nitrogen and oxygen atoms in total. The molecule has 2 aliphatic heterocycles. The molecule has 2 heterocycles. The van der Waals surface area contributed by atoms with Crippen LogP contribution in [0.3, 0.4) is 0 Å². The standard InChI is InChI=1S/C24H20O5/c1-2-3-12-27-16-9-11-20-22(14-16)28-21-13-15(25)8-10-19(21)24(20)18-7-5-4-6-17(18)23(26)29-24/h4-11,13-14,25H,2-3,12H2,1H3. The predicted molar refractivity (Wildman–Crippen MR) is 107 cm³/mol. The Morgan fingerprint density at radius 1 is 0.966 bits per heavy atom. The summed E-state index contributed by atoms with van der Waals surface area (Å²) in [5.74, 6) is 1.38. The van der Waals surface area contributed by atoms with Gasteiger partial charge in [-0.2, -0.15) is 0 Å². The lowest BCUT2D eigenvalue weighted by atomic mass is 9.77. The minimum atomic E-state index is -1.12. The number of esters is 1. The van der Waals surface area contributed by atoms with Crippen LogP contribution in [0.2, 0.25) is 0 Å². The highest BCUT2D eigenvalue weighted by atomic mass is 16.6. The van der Waals surface area contributed by atoms with Crippen LogP contribution in [0.4, 0.5) is 0 Å².